The van der Waals surface area contributed by atoms with Crippen LogP contribution in [0.1, 0.15) is 20.8 Å². The van der Waals surface area contributed by atoms with Gasteiger partial charge in [0, 0.05) is 7.11 Å². The Kier molecular flexibility index (Phi) is 4.61. The first-order valence-corrected chi connectivity index (χ1v) is 3.67. The fraction of sp³-hybridized carbons (Fsp3) is 0.857. The molecule has 5 nitrogen and oxygen atoms in total. The lowest BCUT2D eigenvalue weighted by atomic mass is 10.4. The molecule has 12 heavy (non-hydrogen) atoms. The Morgan fingerprint density at radius 2 is 2.08 bits per heavy atom. The molecule has 0 atom stereocenters. The third-order valence-electron chi connectivity index (χ3n) is 1.15. The molecule has 0 unspecified atom stereocenters. The summed E-state index contributed by atoms with van der Waals surface area (Å²) in [5, 5.41) is 0. The molecule has 0 aliphatic carbocycles. The van der Waals surface area contributed by atoms with E-state index in [1.165, 1.54) is 7.11 Å². The highest BCUT2D eigenvalue weighted by Gasteiger charge is 2.18. The van der Waals surface area contributed by atoms with Crippen LogP contribution in [0.25, 0.3) is 0 Å². The summed E-state index contributed by atoms with van der Waals surface area (Å²) in [6, 6.07) is 0. The number of hydrogen-bond acceptors (Lipinski definition) is 4. The van der Waals surface area contributed by atoms with E-state index in [4.69, 9.17) is 9.57 Å². The van der Waals surface area contributed by atoms with Gasteiger partial charge in [0.2, 0.25) is 0 Å². The number of amides is 1. The van der Waals surface area contributed by atoms with E-state index < -0.39 is 11.9 Å². The number of ether oxygens (including phenoxy) is 2. The summed E-state index contributed by atoms with van der Waals surface area (Å²) < 4.78 is 9.42. The van der Waals surface area contributed by atoms with Crippen LogP contribution in [0.4, 0.5) is 4.79 Å². The van der Waals surface area contributed by atoms with Crippen molar-refractivity contribution in [2.45, 2.75) is 26.6 Å². The smallest absolute Gasteiger partial charge is 0.431 e. The van der Waals surface area contributed by atoms with E-state index in [-0.39, 0.29) is 0 Å². The molecule has 0 aromatic heterocycles. The first kappa shape index (κ1) is 11.2. The van der Waals surface area contributed by atoms with Crippen molar-refractivity contribution in [2.24, 2.45) is 0 Å². The maximum atomic E-state index is 10.7. The molecule has 1 amide bonds. The van der Waals surface area contributed by atoms with Crippen molar-refractivity contribution in [3.63, 3.8) is 0 Å². The lowest BCUT2D eigenvalue weighted by Crippen LogP contribution is -2.37. The average molecular weight is 177 g/mol. The predicted octanol–water partition coefficient (Wildman–Crippen LogP) is 1.05. The quantitative estimate of drug-likeness (QED) is 0.515. The molecule has 0 aromatic carbocycles. The molecule has 0 aromatic rings. The number of carbonyl (C=O) groups is 1. The van der Waals surface area contributed by atoms with Crippen molar-refractivity contribution in [1.29, 1.82) is 0 Å². The molecule has 0 heterocycles. The van der Waals surface area contributed by atoms with Crippen LogP contribution in [-0.4, -0.2) is 25.6 Å². The lowest BCUT2D eigenvalue weighted by molar-refractivity contribution is -0.225. The molecule has 72 valence electrons. The first-order chi connectivity index (χ1) is 5.52. The minimum atomic E-state index is -0.841. The molecule has 0 aliphatic heterocycles. The summed E-state index contributed by atoms with van der Waals surface area (Å²) in [5.74, 6) is -0.841. The molecular formula is C7H15NO4. The van der Waals surface area contributed by atoms with Crippen molar-refractivity contribution >= 4 is 6.09 Å². The minimum Gasteiger partial charge on any atom is -0.448 e. The zero-order valence-electron chi connectivity index (χ0n) is 7.84. The minimum absolute atomic E-state index is 0.308. The fourth-order valence-electron chi connectivity index (χ4n) is 0.367. The molecule has 0 spiro atoms. The van der Waals surface area contributed by atoms with Crippen LogP contribution in [-0.2, 0) is 14.3 Å². The second-order valence-corrected chi connectivity index (χ2v) is 2.53. The van der Waals surface area contributed by atoms with Crippen LogP contribution in [0.15, 0.2) is 0 Å². The Balaban J connectivity index is 3.60. The van der Waals surface area contributed by atoms with Crippen LogP contribution in [0.3, 0.4) is 0 Å². The Hall–Kier alpha value is -0.810. The van der Waals surface area contributed by atoms with Gasteiger partial charge in [0.25, 0.3) is 0 Å². The van der Waals surface area contributed by atoms with E-state index in [9.17, 15) is 4.79 Å². The van der Waals surface area contributed by atoms with Gasteiger partial charge < -0.3 is 9.47 Å². The number of hydroxylamine groups is 1. The zero-order chi connectivity index (χ0) is 9.61. The third kappa shape index (κ3) is 4.92. The Morgan fingerprint density at radius 1 is 1.50 bits per heavy atom. The molecule has 0 radical (unpaired) electrons. The van der Waals surface area contributed by atoms with Gasteiger partial charge in [0.1, 0.15) is 0 Å². The third-order valence-corrected chi connectivity index (χ3v) is 1.15. The van der Waals surface area contributed by atoms with Crippen LogP contribution in [0.2, 0.25) is 0 Å². The number of carbonyl (C=O) groups excluding carboxylic acids is 1. The molecule has 0 saturated carbocycles. The van der Waals surface area contributed by atoms with Crippen LogP contribution >= 0.6 is 0 Å². The van der Waals surface area contributed by atoms with E-state index in [2.05, 4.69) is 10.2 Å². The number of methoxy groups -OCH3 is 1. The van der Waals surface area contributed by atoms with Crippen molar-refractivity contribution < 1.29 is 19.1 Å². The van der Waals surface area contributed by atoms with Gasteiger partial charge in [-0.15, -0.1) is 0 Å². The van der Waals surface area contributed by atoms with Gasteiger partial charge in [0.05, 0.1) is 6.61 Å². The van der Waals surface area contributed by atoms with Gasteiger partial charge in [0.15, 0.2) is 5.79 Å². The highest BCUT2D eigenvalue weighted by molar-refractivity contribution is 5.65. The summed E-state index contributed by atoms with van der Waals surface area (Å²) in [6.07, 6.45) is -0.623. The number of hydrogen-bond donors (Lipinski definition) is 1. The molecule has 0 aliphatic rings. The van der Waals surface area contributed by atoms with Gasteiger partial charge in [-0.05, 0) is 20.8 Å². The number of nitrogens with one attached hydrogen (secondary N) is 1. The molecule has 0 rings (SSSR count). The summed E-state index contributed by atoms with van der Waals surface area (Å²) in [6.45, 7) is 5.35. The predicted molar refractivity (Wildman–Crippen MR) is 42.3 cm³/mol. The summed E-state index contributed by atoms with van der Waals surface area (Å²) in [5.41, 5.74) is 2.09. The van der Waals surface area contributed by atoms with Crippen LogP contribution in [0.5, 0.6) is 0 Å². The van der Waals surface area contributed by atoms with Crippen molar-refractivity contribution in [3.05, 3.63) is 0 Å². The van der Waals surface area contributed by atoms with Gasteiger partial charge in [-0.3, -0.25) is 0 Å². The lowest BCUT2D eigenvalue weighted by Gasteiger charge is -2.21. The van der Waals surface area contributed by atoms with Crippen molar-refractivity contribution in [2.75, 3.05) is 13.7 Å². The molecule has 0 saturated heterocycles. The van der Waals surface area contributed by atoms with Gasteiger partial charge in [-0.1, -0.05) is 0 Å². The van der Waals surface area contributed by atoms with Gasteiger partial charge >= 0.3 is 6.09 Å². The monoisotopic (exact) mass is 177 g/mol. The van der Waals surface area contributed by atoms with E-state index in [0.29, 0.717) is 6.61 Å². The molecule has 5 heteroatoms. The highest BCUT2D eigenvalue weighted by atomic mass is 16.8. The van der Waals surface area contributed by atoms with E-state index in [1.54, 1.807) is 20.8 Å². The second-order valence-electron chi connectivity index (χ2n) is 2.53. The van der Waals surface area contributed by atoms with Gasteiger partial charge in [-0.2, -0.15) is 5.48 Å². The molecule has 0 fully saturated rings. The van der Waals surface area contributed by atoms with Gasteiger partial charge in [-0.25, -0.2) is 9.63 Å². The summed E-state index contributed by atoms with van der Waals surface area (Å²) in [4.78, 5) is 15.5. The van der Waals surface area contributed by atoms with E-state index >= 15 is 0 Å². The zero-order valence-corrected chi connectivity index (χ0v) is 7.84. The normalized spacial score (nSPS) is 11.0. The fourth-order valence-corrected chi connectivity index (χ4v) is 0.367. The van der Waals surface area contributed by atoms with Crippen LogP contribution < -0.4 is 5.48 Å². The standard InChI is InChI=1S/C7H15NO4/c1-5-11-6(9)8-12-7(2,3)10-4/h5H2,1-4H3,(H,8,9). The second kappa shape index (κ2) is 4.95. The Bertz CT molecular complexity index is 146. The maximum absolute atomic E-state index is 10.7. The summed E-state index contributed by atoms with van der Waals surface area (Å²) in [7, 11) is 1.48. The SMILES string of the molecule is CCOC(=O)NOC(C)(C)OC. The Labute approximate surface area is 71.9 Å². The average Bonchev–Trinajstić information content (AvgIpc) is 2.02. The summed E-state index contributed by atoms with van der Waals surface area (Å²) >= 11 is 0. The Morgan fingerprint density at radius 3 is 2.50 bits per heavy atom. The molecular weight excluding hydrogens is 162 g/mol. The maximum Gasteiger partial charge on any atom is 0.431 e. The number of rotatable bonds is 4. The molecule has 1 N–H and O–H groups in total. The van der Waals surface area contributed by atoms with Crippen molar-refractivity contribution in [1.82, 2.24) is 5.48 Å². The molecule has 0 bridgehead atoms. The first-order valence-electron chi connectivity index (χ1n) is 3.67. The van der Waals surface area contributed by atoms with Crippen LogP contribution in [0, 0.1) is 0 Å². The van der Waals surface area contributed by atoms with E-state index in [0.717, 1.165) is 0 Å². The van der Waals surface area contributed by atoms with E-state index in [1.807, 2.05) is 0 Å². The topological polar surface area (TPSA) is 56.8 Å². The highest BCUT2D eigenvalue weighted by Crippen LogP contribution is 2.06. The van der Waals surface area contributed by atoms with Crippen molar-refractivity contribution in [3.8, 4) is 0 Å². The largest absolute Gasteiger partial charge is 0.448 e.